The first-order valence-electron chi connectivity index (χ1n) is 9.02. The zero-order valence-electron chi connectivity index (χ0n) is 15.2. The third-order valence-electron chi connectivity index (χ3n) is 5.82. The van der Waals surface area contributed by atoms with Crippen molar-refractivity contribution in [3.8, 4) is 0 Å². The van der Waals surface area contributed by atoms with Gasteiger partial charge in [0, 0.05) is 44.3 Å². The number of ether oxygens (including phenoxy) is 1. The molecule has 1 saturated carbocycles. The number of aliphatic hydroxyl groups is 1. The fourth-order valence-corrected chi connectivity index (χ4v) is 4.23. The second kappa shape index (κ2) is 6.48. The maximum atomic E-state index is 12.8. The van der Waals surface area contributed by atoms with Gasteiger partial charge < -0.3 is 14.7 Å². The van der Waals surface area contributed by atoms with Crippen LogP contribution in [0.5, 0.6) is 0 Å². The Kier molecular flexibility index (Phi) is 4.71. The molecule has 6 heteroatoms. The van der Waals surface area contributed by atoms with Crippen LogP contribution in [0.1, 0.15) is 62.1 Å². The molecule has 0 aromatic carbocycles. The molecule has 1 aliphatic carbocycles. The molecule has 134 valence electrons. The van der Waals surface area contributed by atoms with Crippen LogP contribution in [0.3, 0.4) is 0 Å². The Morgan fingerprint density at radius 2 is 2.12 bits per heavy atom. The van der Waals surface area contributed by atoms with Gasteiger partial charge >= 0.3 is 0 Å². The Labute approximate surface area is 143 Å². The van der Waals surface area contributed by atoms with Gasteiger partial charge in [-0.15, -0.1) is 0 Å². The quantitative estimate of drug-likeness (QED) is 0.913. The molecule has 1 saturated heterocycles. The summed E-state index contributed by atoms with van der Waals surface area (Å²) in [5, 5.41) is 14.7. The number of hydrogen-bond acceptors (Lipinski definition) is 4. The van der Waals surface area contributed by atoms with Crippen molar-refractivity contribution in [3.63, 3.8) is 0 Å². The first-order chi connectivity index (χ1) is 11.4. The highest BCUT2D eigenvalue weighted by Gasteiger charge is 2.56. The zero-order chi connectivity index (χ0) is 17.5. The van der Waals surface area contributed by atoms with Gasteiger partial charge in [-0.2, -0.15) is 5.10 Å². The van der Waals surface area contributed by atoms with Gasteiger partial charge in [0.05, 0.1) is 12.2 Å². The van der Waals surface area contributed by atoms with Gasteiger partial charge in [-0.1, -0.05) is 13.8 Å². The molecule has 1 aliphatic heterocycles. The standard InChI is InChI=1S/C18H29N3O3/c1-5-24-16-11-15(22)18(16)6-8-21(9-7-18)17(23)13-10-14(12(2)3)20(4)19-13/h10,12,15-16,22H,5-9,11H2,1-4H3/t15-,16-/m1/s1. The fraction of sp³-hybridized carbons (Fsp3) is 0.778. The molecule has 6 nitrogen and oxygen atoms in total. The molecule has 2 aliphatic rings. The normalized spacial score (nSPS) is 26.0. The topological polar surface area (TPSA) is 67.6 Å². The van der Waals surface area contributed by atoms with Crippen LogP contribution < -0.4 is 0 Å². The predicted molar refractivity (Wildman–Crippen MR) is 90.9 cm³/mol. The number of aryl methyl sites for hydroxylation is 1. The van der Waals surface area contributed by atoms with Crippen molar-refractivity contribution < 1.29 is 14.6 Å². The number of piperidine rings is 1. The van der Waals surface area contributed by atoms with E-state index in [4.69, 9.17) is 4.74 Å². The van der Waals surface area contributed by atoms with E-state index in [0.717, 1.165) is 25.0 Å². The van der Waals surface area contributed by atoms with E-state index in [1.807, 2.05) is 24.9 Å². The number of hydrogen-bond donors (Lipinski definition) is 1. The Bertz CT molecular complexity index is 601. The van der Waals surface area contributed by atoms with Gasteiger partial charge in [0.15, 0.2) is 5.69 Å². The number of amides is 1. The molecule has 1 aromatic heterocycles. The number of carbonyl (C=O) groups excluding carboxylic acids is 1. The fourth-order valence-electron chi connectivity index (χ4n) is 4.23. The van der Waals surface area contributed by atoms with Crippen LogP contribution in [0, 0.1) is 5.41 Å². The largest absolute Gasteiger partial charge is 0.392 e. The van der Waals surface area contributed by atoms with Crippen molar-refractivity contribution in [2.45, 2.75) is 58.2 Å². The van der Waals surface area contributed by atoms with Crippen LogP contribution in [-0.2, 0) is 11.8 Å². The van der Waals surface area contributed by atoms with E-state index in [-0.39, 0.29) is 23.5 Å². The summed E-state index contributed by atoms with van der Waals surface area (Å²) in [5.41, 5.74) is 1.44. The van der Waals surface area contributed by atoms with Crippen molar-refractivity contribution in [1.29, 1.82) is 0 Å². The van der Waals surface area contributed by atoms with E-state index in [9.17, 15) is 9.90 Å². The van der Waals surface area contributed by atoms with E-state index < -0.39 is 0 Å². The number of likely N-dealkylation sites (tertiary alicyclic amines) is 1. The molecule has 1 aromatic rings. The third-order valence-corrected chi connectivity index (χ3v) is 5.82. The molecule has 2 atom stereocenters. The molecule has 2 fully saturated rings. The Hall–Kier alpha value is -1.40. The van der Waals surface area contributed by atoms with Gasteiger partial charge in [-0.3, -0.25) is 9.48 Å². The molecular weight excluding hydrogens is 306 g/mol. The SMILES string of the molecule is CCO[C@@H]1C[C@@H](O)C12CCN(C(=O)c1cc(C(C)C)n(C)n1)CC2. The molecule has 1 N–H and O–H groups in total. The summed E-state index contributed by atoms with van der Waals surface area (Å²) in [7, 11) is 1.88. The van der Waals surface area contributed by atoms with Gasteiger partial charge in [0.1, 0.15) is 0 Å². The van der Waals surface area contributed by atoms with Gasteiger partial charge in [0.2, 0.25) is 0 Å². The van der Waals surface area contributed by atoms with Gasteiger partial charge in [0.25, 0.3) is 5.91 Å². The smallest absolute Gasteiger partial charge is 0.274 e. The highest BCUT2D eigenvalue weighted by molar-refractivity contribution is 5.92. The van der Waals surface area contributed by atoms with Crippen LogP contribution >= 0.6 is 0 Å². The molecule has 1 amide bonds. The van der Waals surface area contributed by atoms with Crippen molar-refractivity contribution in [1.82, 2.24) is 14.7 Å². The summed E-state index contributed by atoms with van der Waals surface area (Å²) in [6.07, 6.45) is 2.16. The van der Waals surface area contributed by atoms with E-state index in [1.165, 1.54) is 0 Å². The lowest BCUT2D eigenvalue weighted by Crippen LogP contribution is -2.62. The average molecular weight is 335 g/mol. The number of nitrogens with zero attached hydrogens (tertiary/aromatic N) is 3. The van der Waals surface area contributed by atoms with Crippen molar-refractivity contribution in [2.24, 2.45) is 12.5 Å². The van der Waals surface area contributed by atoms with E-state index in [0.29, 0.717) is 31.3 Å². The highest BCUT2D eigenvalue weighted by Crippen LogP contribution is 2.51. The molecule has 2 heterocycles. The minimum absolute atomic E-state index is 0.00544. The molecule has 0 bridgehead atoms. The molecule has 1 spiro atoms. The molecule has 3 rings (SSSR count). The summed E-state index contributed by atoms with van der Waals surface area (Å²) < 4.78 is 7.58. The first kappa shape index (κ1) is 17.4. The molecular formula is C18H29N3O3. The second-order valence-corrected chi connectivity index (χ2v) is 7.45. The Balaban J connectivity index is 1.66. The van der Waals surface area contributed by atoms with E-state index >= 15 is 0 Å². The average Bonchev–Trinajstić information content (AvgIpc) is 2.96. The van der Waals surface area contributed by atoms with Crippen LogP contribution in [0.15, 0.2) is 6.07 Å². The monoisotopic (exact) mass is 335 g/mol. The number of rotatable bonds is 4. The summed E-state index contributed by atoms with van der Waals surface area (Å²) in [6, 6.07) is 1.90. The Morgan fingerprint density at radius 1 is 1.46 bits per heavy atom. The van der Waals surface area contributed by atoms with E-state index in [1.54, 1.807) is 4.68 Å². The maximum Gasteiger partial charge on any atom is 0.274 e. The summed E-state index contributed by atoms with van der Waals surface area (Å²) in [4.78, 5) is 14.6. The zero-order valence-corrected chi connectivity index (χ0v) is 15.2. The first-order valence-corrected chi connectivity index (χ1v) is 9.02. The summed E-state index contributed by atoms with van der Waals surface area (Å²) >= 11 is 0. The summed E-state index contributed by atoms with van der Waals surface area (Å²) in [6.45, 7) is 8.18. The van der Waals surface area contributed by atoms with Crippen molar-refractivity contribution >= 4 is 5.91 Å². The predicted octanol–water partition coefficient (Wildman–Crippen LogP) is 1.94. The number of aromatic nitrogens is 2. The molecule has 24 heavy (non-hydrogen) atoms. The minimum Gasteiger partial charge on any atom is -0.392 e. The van der Waals surface area contributed by atoms with Gasteiger partial charge in [-0.25, -0.2) is 0 Å². The highest BCUT2D eigenvalue weighted by atomic mass is 16.5. The lowest BCUT2D eigenvalue weighted by Gasteiger charge is -2.56. The maximum absolute atomic E-state index is 12.8. The van der Waals surface area contributed by atoms with Crippen molar-refractivity contribution in [2.75, 3.05) is 19.7 Å². The summed E-state index contributed by atoms with van der Waals surface area (Å²) in [5.74, 6) is 0.333. The number of carbonyl (C=O) groups is 1. The Morgan fingerprint density at radius 3 is 2.62 bits per heavy atom. The van der Waals surface area contributed by atoms with Gasteiger partial charge in [-0.05, 0) is 31.7 Å². The lowest BCUT2D eigenvalue weighted by atomic mass is 9.58. The number of aliphatic hydroxyl groups excluding tert-OH is 1. The minimum atomic E-state index is -0.298. The van der Waals surface area contributed by atoms with Crippen molar-refractivity contribution in [3.05, 3.63) is 17.5 Å². The molecule has 0 unspecified atom stereocenters. The van der Waals surface area contributed by atoms with Crippen LogP contribution in [0.25, 0.3) is 0 Å². The van der Waals surface area contributed by atoms with Crippen LogP contribution in [-0.4, -0.2) is 57.6 Å². The van der Waals surface area contributed by atoms with E-state index in [2.05, 4.69) is 18.9 Å². The van der Waals surface area contributed by atoms with Crippen LogP contribution in [0.4, 0.5) is 0 Å². The third kappa shape index (κ3) is 2.75. The molecule has 0 radical (unpaired) electrons. The lowest BCUT2D eigenvalue weighted by molar-refractivity contribution is -0.207. The van der Waals surface area contributed by atoms with Crippen LogP contribution in [0.2, 0.25) is 0 Å². The second-order valence-electron chi connectivity index (χ2n) is 7.45.